The minimum atomic E-state index is -0.519. The second kappa shape index (κ2) is 8.84. The lowest BCUT2D eigenvalue weighted by atomic mass is 9.82. The minimum absolute atomic E-state index is 0.270. The molecule has 7 heteroatoms. The Kier molecular flexibility index (Phi) is 6.46. The Labute approximate surface area is 172 Å². The van der Waals surface area contributed by atoms with E-state index in [-0.39, 0.29) is 18.2 Å². The molecule has 0 bridgehead atoms. The third kappa shape index (κ3) is 4.42. The van der Waals surface area contributed by atoms with Crippen LogP contribution in [0, 0.1) is 6.92 Å². The Balaban J connectivity index is 1.86. The number of aryl methyl sites for hydroxylation is 1. The maximum atomic E-state index is 13.0. The van der Waals surface area contributed by atoms with Crippen LogP contribution in [0.2, 0.25) is 0 Å². The zero-order valence-electron chi connectivity index (χ0n) is 16.0. The van der Waals surface area contributed by atoms with E-state index in [4.69, 9.17) is 9.47 Å². The number of nitrogens with zero attached hydrogens (tertiary/aromatic N) is 1. The lowest BCUT2D eigenvalue weighted by Crippen LogP contribution is -2.49. The highest BCUT2D eigenvalue weighted by Gasteiger charge is 2.36. The fourth-order valence-corrected chi connectivity index (χ4v) is 3.78. The molecule has 1 aromatic heterocycles. The van der Waals surface area contributed by atoms with Crippen molar-refractivity contribution in [2.75, 3.05) is 19.8 Å². The van der Waals surface area contributed by atoms with Crippen LogP contribution in [0.25, 0.3) is 0 Å². The lowest BCUT2D eigenvalue weighted by Gasteiger charge is -2.38. The normalized spacial score (nSPS) is 15.7. The number of ether oxygens (including phenoxy) is 2. The van der Waals surface area contributed by atoms with E-state index in [1.807, 2.05) is 24.3 Å². The van der Waals surface area contributed by atoms with Crippen molar-refractivity contribution in [3.63, 3.8) is 0 Å². The van der Waals surface area contributed by atoms with E-state index < -0.39 is 11.5 Å². The minimum Gasteiger partial charge on any atom is -0.462 e. The van der Waals surface area contributed by atoms with Crippen LogP contribution in [0.3, 0.4) is 0 Å². The zero-order valence-corrected chi connectivity index (χ0v) is 17.5. The van der Waals surface area contributed by atoms with E-state index >= 15 is 0 Å². The molecule has 3 rings (SSSR count). The summed E-state index contributed by atoms with van der Waals surface area (Å²) in [6.45, 7) is 4.87. The molecule has 148 valence electrons. The van der Waals surface area contributed by atoms with Gasteiger partial charge in [-0.3, -0.25) is 4.79 Å². The largest absolute Gasteiger partial charge is 0.462 e. The van der Waals surface area contributed by atoms with Crippen LogP contribution >= 0.6 is 15.9 Å². The molecule has 2 heterocycles. The zero-order chi connectivity index (χ0) is 20.1. The molecule has 28 heavy (non-hydrogen) atoms. The van der Waals surface area contributed by atoms with Crippen molar-refractivity contribution in [2.24, 2.45) is 0 Å². The molecule has 1 aliphatic rings. The molecule has 0 atom stereocenters. The predicted octanol–water partition coefficient (Wildman–Crippen LogP) is 3.76. The number of rotatable bonds is 5. The first-order valence-electron chi connectivity index (χ1n) is 9.26. The highest BCUT2D eigenvalue weighted by Crippen LogP contribution is 2.33. The van der Waals surface area contributed by atoms with Gasteiger partial charge in [0.05, 0.1) is 23.4 Å². The Morgan fingerprint density at radius 1 is 1.25 bits per heavy atom. The summed E-state index contributed by atoms with van der Waals surface area (Å²) in [7, 11) is 0. The van der Waals surface area contributed by atoms with E-state index in [0.29, 0.717) is 37.3 Å². The molecule has 0 spiro atoms. The fourth-order valence-electron chi connectivity index (χ4n) is 3.39. The van der Waals surface area contributed by atoms with Crippen molar-refractivity contribution < 1.29 is 19.1 Å². The monoisotopic (exact) mass is 446 g/mol. The van der Waals surface area contributed by atoms with Gasteiger partial charge in [-0.15, -0.1) is 0 Å². The van der Waals surface area contributed by atoms with Crippen LogP contribution in [-0.4, -0.2) is 36.7 Å². The molecule has 6 nitrogen and oxygen atoms in total. The molecule has 1 aliphatic heterocycles. The first-order valence-corrected chi connectivity index (χ1v) is 10.1. The summed E-state index contributed by atoms with van der Waals surface area (Å²) in [5, 5.41) is 3.17. The Morgan fingerprint density at radius 2 is 2.00 bits per heavy atom. The number of esters is 1. The Morgan fingerprint density at radius 3 is 2.64 bits per heavy atom. The first kappa shape index (κ1) is 20.5. The third-order valence-corrected chi connectivity index (χ3v) is 5.38. The molecule has 0 unspecified atom stereocenters. The predicted molar refractivity (Wildman–Crippen MR) is 108 cm³/mol. The van der Waals surface area contributed by atoms with Gasteiger partial charge in [0.2, 0.25) is 0 Å². The van der Waals surface area contributed by atoms with Gasteiger partial charge in [0, 0.05) is 17.7 Å². The molecular formula is C21H23BrN2O4. The van der Waals surface area contributed by atoms with Gasteiger partial charge >= 0.3 is 5.97 Å². The number of hydrogen-bond acceptors (Lipinski definition) is 5. The van der Waals surface area contributed by atoms with E-state index in [9.17, 15) is 9.59 Å². The number of benzene rings is 1. The smallest absolute Gasteiger partial charge is 0.339 e. The molecule has 1 saturated heterocycles. The molecule has 1 N–H and O–H groups in total. The van der Waals surface area contributed by atoms with Gasteiger partial charge in [0.15, 0.2) is 0 Å². The number of halogens is 1. The van der Waals surface area contributed by atoms with E-state index in [2.05, 4.69) is 26.2 Å². The average molecular weight is 447 g/mol. The van der Waals surface area contributed by atoms with Crippen molar-refractivity contribution in [3.8, 4) is 0 Å². The number of nitrogens with one attached hydrogen (secondary N) is 1. The van der Waals surface area contributed by atoms with Gasteiger partial charge < -0.3 is 14.8 Å². The van der Waals surface area contributed by atoms with Crippen molar-refractivity contribution in [1.82, 2.24) is 10.3 Å². The summed E-state index contributed by atoms with van der Waals surface area (Å²) in [5.41, 5.74) is 1.61. The quantitative estimate of drug-likeness (QED) is 0.707. The average Bonchev–Trinajstić information content (AvgIpc) is 2.68. The number of aromatic nitrogens is 1. The fraction of sp³-hybridized carbons (Fsp3) is 0.381. The van der Waals surface area contributed by atoms with Gasteiger partial charge in [0.25, 0.3) is 5.91 Å². The van der Waals surface area contributed by atoms with Crippen molar-refractivity contribution in [1.29, 1.82) is 0 Å². The number of amides is 1. The van der Waals surface area contributed by atoms with Gasteiger partial charge in [-0.05, 0) is 56.5 Å². The Bertz CT molecular complexity index is 878. The molecule has 2 aromatic rings. The number of pyridine rings is 1. The molecular weight excluding hydrogens is 424 g/mol. The van der Waals surface area contributed by atoms with E-state index in [1.54, 1.807) is 26.0 Å². The van der Waals surface area contributed by atoms with Gasteiger partial charge in [0.1, 0.15) is 5.69 Å². The van der Waals surface area contributed by atoms with Crippen molar-refractivity contribution >= 4 is 27.8 Å². The molecule has 0 saturated carbocycles. The van der Waals surface area contributed by atoms with Crippen LogP contribution in [0.5, 0.6) is 0 Å². The van der Waals surface area contributed by atoms with Gasteiger partial charge in [-0.25, -0.2) is 9.78 Å². The van der Waals surface area contributed by atoms with Crippen LogP contribution in [0.4, 0.5) is 0 Å². The first-order chi connectivity index (χ1) is 13.4. The molecule has 1 fully saturated rings. The second-order valence-electron chi connectivity index (χ2n) is 6.71. The molecule has 0 aliphatic carbocycles. The highest BCUT2D eigenvalue weighted by atomic mass is 79.9. The van der Waals surface area contributed by atoms with Crippen molar-refractivity contribution in [2.45, 2.75) is 32.2 Å². The topological polar surface area (TPSA) is 77.5 Å². The maximum Gasteiger partial charge on any atom is 0.339 e. The summed E-state index contributed by atoms with van der Waals surface area (Å²) in [6.07, 6.45) is 1.35. The third-order valence-electron chi connectivity index (χ3n) is 4.89. The second-order valence-corrected chi connectivity index (χ2v) is 7.62. The standard InChI is InChI=1S/C21H23BrN2O4/c1-3-28-20(26)17-7-8-18(23-14(17)2)19(25)24-21(9-11-27-12-10-21)15-5-4-6-16(22)13-15/h4-8,13H,3,9-12H2,1-2H3,(H,24,25). The lowest BCUT2D eigenvalue weighted by molar-refractivity contribution is 0.0343. The van der Waals surface area contributed by atoms with Crippen LogP contribution in [0.15, 0.2) is 40.9 Å². The van der Waals surface area contributed by atoms with Gasteiger partial charge in [-0.1, -0.05) is 28.1 Å². The SMILES string of the molecule is CCOC(=O)c1ccc(C(=O)NC2(c3cccc(Br)c3)CCOCC2)nc1C. The van der Waals surface area contributed by atoms with Crippen molar-refractivity contribution in [3.05, 3.63) is 63.4 Å². The summed E-state index contributed by atoms with van der Waals surface area (Å²) >= 11 is 3.51. The highest BCUT2D eigenvalue weighted by molar-refractivity contribution is 9.10. The molecule has 0 radical (unpaired) electrons. The summed E-state index contributed by atoms with van der Waals surface area (Å²) in [4.78, 5) is 29.3. The Hall–Kier alpha value is -2.25. The number of hydrogen-bond donors (Lipinski definition) is 1. The molecule has 1 aromatic carbocycles. The number of carbonyl (C=O) groups excluding carboxylic acids is 2. The van der Waals surface area contributed by atoms with Crippen LogP contribution in [-0.2, 0) is 15.0 Å². The maximum absolute atomic E-state index is 13.0. The summed E-state index contributed by atoms with van der Waals surface area (Å²) in [6, 6.07) is 11.1. The summed E-state index contributed by atoms with van der Waals surface area (Å²) in [5.74, 6) is -0.713. The van der Waals surface area contributed by atoms with Gasteiger partial charge in [-0.2, -0.15) is 0 Å². The summed E-state index contributed by atoms with van der Waals surface area (Å²) < 4.78 is 11.5. The molecule has 1 amide bonds. The van der Waals surface area contributed by atoms with Crippen LogP contribution in [0.1, 0.15) is 51.9 Å². The number of carbonyl (C=O) groups is 2. The van der Waals surface area contributed by atoms with Crippen LogP contribution < -0.4 is 5.32 Å². The van der Waals surface area contributed by atoms with E-state index in [0.717, 1.165) is 10.0 Å². The van der Waals surface area contributed by atoms with E-state index in [1.165, 1.54) is 0 Å².